The van der Waals surface area contributed by atoms with Crippen molar-refractivity contribution < 1.29 is 23.1 Å². The minimum Gasteiger partial charge on any atom is -0.543 e. The summed E-state index contributed by atoms with van der Waals surface area (Å²) in [7, 11) is 0. The van der Waals surface area contributed by atoms with Crippen molar-refractivity contribution in [2.75, 3.05) is 5.32 Å². The van der Waals surface area contributed by atoms with Gasteiger partial charge in [-0.15, -0.1) is 0 Å². The van der Waals surface area contributed by atoms with E-state index in [9.17, 15) is 23.1 Å². The van der Waals surface area contributed by atoms with E-state index in [0.717, 1.165) is 21.9 Å². The SMILES string of the molecule is O=C([O-])c1cc2n(n1)[C@H](C(F)(F)F)[C@@H]1CCc3ccccc3[C@@H]1N2. The molecule has 0 unspecified atom stereocenters. The van der Waals surface area contributed by atoms with E-state index in [0.29, 0.717) is 12.8 Å². The van der Waals surface area contributed by atoms with Crippen LogP contribution in [0.15, 0.2) is 30.3 Å². The van der Waals surface area contributed by atoms with Crippen LogP contribution in [0.2, 0.25) is 0 Å². The van der Waals surface area contributed by atoms with Crippen molar-refractivity contribution in [2.45, 2.75) is 31.1 Å². The largest absolute Gasteiger partial charge is 0.543 e. The molecular formula is C16H13F3N3O2-. The molecule has 0 saturated heterocycles. The van der Waals surface area contributed by atoms with Crippen LogP contribution in [0.1, 0.15) is 40.1 Å². The lowest BCUT2D eigenvalue weighted by Gasteiger charge is -2.43. The highest BCUT2D eigenvalue weighted by atomic mass is 19.4. The van der Waals surface area contributed by atoms with Crippen LogP contribution in [0.25, 0.3) is 0 Å². The monoisotopic (exact) mass is 336 g/mol. The zero-order valence-corrected chi connectivity index (χ0v) is 12.4. The lowest BCUT2D eigenvalue weighted by atomic mass is 9.75. The normalized spacial score (nSPS) is 25.2. The van der Waals surface area contributed by atoms with E-state index < -0.39 is 35.8 Å². The number of nitrogens with zero attached hydrogens (tertiary/aromatic N) is 2. The summed E-state index contributed by atoms with van der Waals surface area (Å²) in [6, 6.07) is 6.10. The molecule has 3 atom stereocenters. The number of fused-ring (bicyclic) bond motifs is 4. The number of anilines is 1. The summed E-state index contributed by atoms with van der Waals surface area (Å²) in [6.45, 7) is 0. The number of aromatic carboxylic acids is 1. The predicted octanol–water partition coefficient (Wildman–Crippen LogP) is 2.08. The summed E-state index contributed by atoms with van der Waals surface area (Å²) in [5, 5.41) is 17.7. The Morgan fingerprint density at radius 1 is 1.33 bits per heavy atom. The number of hydrogen-bond acceptors (Lipinski definition) is 4. The molecule has 1 aliphatic heterocycles. The third-order valence-electron chi connectivity index (χ3n) is 4.82. The van der Waals surface area contributed by atoms with E-state index >= 15 is 0 Å². The maximum absolute atomic E-state index is 13.7. The van der Waals surface area contributed by atoms with Crippen LogP contribution in [-0.2, 0) is 6.42 Å². The molecular weight excluding hydrogens is 323 g/mol. The number of carboxylic acid groups (broad SMARTS) is 1. The first-order valence-electron chi connectivity index (χ1n) is 7.58. The average Bonchev–Trinajstić information content (AvgIpc) is 2.95. The highest BCUT2D eigenvalue weighted by Crippen LogP contribution is 2.51. The highest BCUT2D eigenvalue weighted by Gasteiger charge is 2.53. The number of aromatic nitrogens is 2. The highest BCUT2D eigenvalue weighted by molar-refractivity contribution is 5.84. The van der Waals surface area contributed by atoms with Gasteiger partial charge >= 0.3 is 6.18 Å². The zero-order chi connectivity index (χ0) is 17.1. The number of halogens is 3. The first kappa shape index (κ1) is 15.0. The topological polar surface area (TPSA) is 70.0 Å². The molecule has 0 radical (unpaired) electrons. The number of carboxylic acids is 1. The summed E-state index contributed by atoms with van der Waals surface area (Å²) in [4.78, 5) is 11.0. The minimum absolute atomic E-state index is 0.0504. The van der Waals surface area contributed by atoms with Gasteiger partial charge in [-0.25, -0.2) is 4.68 Å². The Morgan fingerprint density at radius 3 is 2.79 bits per heavy atom. The van der Waals surface area contributed by atoms with Gasteiger partial charge in [0.05, 0.1) is 12.0 Å². The van der Waals surface area contributed by atoms with Gasteiger partial charge in [0.1, 0.15) is 11.5 Å². The van der Waals surface area contributed by atoms with Crippen LogP contribution in [0.5, 0.6) is 0 Å². The molecule has 5 nitrogen and oxygen atoms in total. The van der Waals surface area contributed by atoms with Crippen molar-refractivity contribution >= 4 is 11.8 Å². The summed E-state index contributed by atoms with van der Waals surface area (Å²) in [5.41, 5.74) is 1.34. The first-order chi connectivity index (χ1) is 11.4. The summed E-state index contributed by atoms with van der Waals surface area (Å²) in [5.74, 6) is -2.29. The molecule has 4 rings (SSSR count). The summed E-state index contributed by atoms with van der Waals surface area (Å²) >= 11 is 0. The Labute approximate surface area is 135 Å². The fraction of sp³-hybridized carbons (Fsp3) is 0.375. The van der Waals surface area contributed by atoms with E-state index in [4.69, 9.17) is 0 Å². The van der Waals surface area contributed by atoms with Crippen molar-refractivity contribution in [1.82, 2.24) is 9.78 Å². The lowest BCUT2D eigenvalue weighted by Crippen LogP contribution is -2.45. The zero-order valence-electron chi connectivity index (χ0n) is 12.4. The Kier molecular flexibility index (Phi) is 3.13. The number of carbonyl (C=O) groups is 1. The molecule has 0 bridgehead atoms. The third-order valence-corrected chi connectivity index (χ3v) is 4.82. The Balaban J connectivity index is 1.87. The maximum Gasteiger partial charge on any atom is 0.411 e. The van der Waals surface area contributed by atoms with Crippen molar-refractivity contribution in [1.29, 1.82) is 0 Å². The predicted molar refractivity (Wildman–Crippen MR) is 76.3 cm³/mol. The van der Waals surface area contributed by atoms with Gasteiger partial charge in [-0.3, -0.25) is 0 Å². The smallest absolute Gasteiger partial charge is 0.411 e. The number of benzene rings is 1. The van der Waals surface area contributed by atoms with E-state index in [1.807, 2.05) is 18.2 Å². The molecule has 0 fully saturated rings. The van der Waals surface area contributed by atoms with Crippen LogP contribution in [0.3, 0.4) is 0 Å². The van der Waals surface area contributed by atoms with Gasteiger partial charge < -0.3 is 15.2 Å². The van der Waals surface area contributed by atoms with Gasteiger partial charge in [0.15, 0.2) is 6.04 Å². The molecule has 0 amide bonds. The standard InChI is InChI=1S/C16H14F3N3O2/c17-16(18,19)14-10-6-5-8-3-1-2-4-9(8)13(10)20-12-7-11(15(23)24)21-22(12)14/h1-4,7,10,13-14,20H,5-6H2,(H,23,24)/p-1/t10-,13+,14+/m1/s1. The fourth-order valence-corrected chi connectivity index (χ4v) is 3.85. The minimum atomic E-state index is -4.53. The number of rotatable bonds is 1. The molecule has 0 saturated carbocycles. The van der Waals surface area contributed by atoms with Crippen molar-refractivity contribution in [3.8, 4) is 0 Å². The second-order valence-electron chi connectivity index (χ2n) is 6.16. The van der Waals surface area contributed by atoms with E-state index in [2.05, 4.69) is 10.4 Å². The Bertz CT molecular complexity index is 815. The number of aryl methyl sites for hydroxylation is 1. The van der Waals surface area contributed by atoms with Crippen molar-refractivity contribution in [2.24, 2.45) is 5.92 Å². The van der Waals surface area contributed by atoms with Crippen LogP contribution in [0.4, 0.5) is 19.0 Å². The molecule has 2 heterocycles. The fourth-order valence-electron chi connectivity index (χ4n) is 3.85. The van der Waals surface area contributed by atoms with Crippen LogP contribution < -0.4 is 10.4 Å². The van der Waals surface area contributed by atoms with Gasteiger partial charge in [0, 0.05) is 12.0 Å². The van der Waals surface area contributed by atoms with Gasteiger partial charge in [-0.05, 0) is 24.0 Å². The molecule has 2 aromatic rings. The van der Waals surface area contributed by atoms with E-state index in [1.165, 1.54) is 0 Å². The molecule has 1 N–H and O–H groups in total. The number of nitrogens with one attached hydrogen (secondary N) is 1. The average molecular weight is 336 g/mol. The van der Waals surface area contributed by atoms with E-state index in [1.54, 1.807) is 6.07 Å². The second-order valence-corrected chi connectivity index (χ2v) is 6.16. The van der Waals surface area contributed by atoms with Crippen molar-refractivity contribution in [3.63, 3.8) is 0 Å². The van der Waals surface area contributed by atoms with Crippen LogP contribution >= 0.6 is 0 Å². The van der Waals surface area contributed by atoms with Crippen LogP contribution in [0, 0.1) is 5.92 Å². The molecule has 1 aliphatic carbocycles. The molecule has 8 heteroatoms. The molecule has 1 aromatic heterocycles. The Hall–Kier alpha value is -2.51. The second kappa shape index (κ2) is 4.99. The maximum atomic E-state index is 13.7. The van der Waals surface area contributed by atoms with Crippen LogP contribution in [-0.4, -0.2) is 21.9 Å². The summed E-state index contributed by atoms with van der Waals surface area (Å²) in [6.07, 6.45) is -3.63. The quantitative estimate of drug-likeness (QED) is 0.866. The molecule has 24 heavy (non-hydrogen) atoms. The Morgan fingerprint density at radius 2 is 2.08 bits per heavy atom. The molecule has 1 aromatic carbocycles. The van der Waals surface area contributed by atoms with Crippen molar-refractivity contribution in [3.05, 3.63) is 47.2 Å². The molecule has 2 aliphatic rings. The molecule has 0 spiro atoms. The van der Waals surface area contributed by atoms with Gasteiger partial charge in [-0.2, -0.15) is 18.3 Å². The lowest BCUT2D eigenvalue weighted by molar-refractivity contribution is -0.255. The van der Waals surface area contributed by atoms with Gasteiger partial charge in [0.25, 0.3) is 0 Å². The van der Waals surface area contributed by atoms with E-state index in [-0.39, 0.29) is 5.82 Å². The number of hydrogen-bond donors (Lipinski definition) is 1. The van der Waals surface area contributed by atoms with Gasteiger partial charge in [-0.1, -0.05) is 24.3 Å². The molecule has 126 valence electrons. The third kappa shape index (κ3) is 2.16. The van der Waals surface area contributed by atoms with Gasteiger partial charge in [0.2, 0.25) is 0 Å². The number of carbonyl (C=O) groups excluding carboxylic acids is 1. The summed E-state index contributed by atoms with van der Waals surface area (Å²) < 4.78 is 41.9. The number of alkyl halides is 3. The first-order valence-corrected chi connectivity index (χ1v) is 7.58.